The van der Waals surface area contributed by atoms with Gasteiger partial charge in [-0.25, -0.2) is 0 Å². The van der Waals surface area contributed by atoms with Gasteiger partial charge in [0, 0.05) is 36.6 Å². The summed E-state index contributed by atoms with van der Waals surface area (Å²) in [6.45, 7) is 2.86. The van der Waals surface area contributed by atoms with Gasteiger partial charge in [0.25, 0.3) is 5.91 Å². The molecule has 1 aromatic heterocycles. The Morgan fingerprint density at radius 1 is 1.53 bits per heavy atom. The van der Waals surface area contributed by atoms with E-state index in [1.54, 1.807) is 0 Å². The number of amides is 1. The van der Waals surface area contributed by atoms with E-state index in [4.69, 9.17) is 5.73 Å². The number of rotatable bonds is 1. The van der Waals surface area contributed by atoms with E-state index in [1.165, 1.54) is 11.5 Å². The molecule has 2 N–H and O–H groups in total. The van der Waals surface area contributed by atoms with Crippen molar-refractivity contribution in [2.45, 2.75) is 13.1 Å². The van der Waals surface area contributed by atoms with Gasteiger partial charge in [-0.15, -0.1) is 0 Å². The summed E-state index contributed by atoms with van der Waals surface area (Å²) in [5.41, 5.74) is 7.10. The molecule has 1 fully saturated rings. The second kappa shape index (κ2) is 3.74. The number of hydrogen-bond acceptors (Lipinski definition) is 4. The average Bonchev–Trinajstić information content (AvgIpc) is 2.52. The van der Waals surface area contributed by atoms with E-state index in [-0.39, 0.29) is 0 Å². The zero-order valence-corrected chi connectivity index (χ0v) is 10.7. The summed E-state index contributed by atoms with van der Waals surface area (Å²) in [5, 5.41) is 4.33. The third-order valence-electron chi connectivity index (χ3n) is 3.45. The van der Waals surface area contributed by atoms with Gasteiger partial charge < -0.3 is 5.73 Å². The lowest BCUT2D eigenvalue weighted by atomic mass is 9.91. The molecule has 0 bridgehead atoms. The van der Waals surface area contributed by atoms with Crippen LogP contribution >= 0.6 is 11.8 Å². The smallest absolute Gasteiger partial charge is 0.269 e. The second-order valence-corrected chi connectivity index (χ2v) is 6.19. The maximum atomic E-state index is 11.2. The van der Waals surface area contributed by atoms with Crippen molar-refractivity contribution in [3.05, 3.63) is 17.5 Å². The van der Waals surface area contributed by atoms with E-state index in [0.717, 1.165) is 25.3 Å². The number of fused-ring (bicyclic) bond motifs is 1. The number of hydrogen-bond donors (Lipinski definition) is 1. The molecule has 3 rings (SSSR count). The topological polar surface area (TPSA) is 64.2 Å². The highest BCUT2D eigenvalue weighted by Crippen LogP contribution is 2.41. The predicted molar refractivity (Wildman–Crippen MR) is 66.8 cm³/mol. The van der Waals surface area contributed by atoms with Crippen molar-refractivity contribution in [2.75, 3.05) is 25.1 Å². The van der Waals surface area contributed by atoms with Gasteiger partial charge in [-0.05, 0) is 13.1 Å². The molecule has 2 aliphatic rings. The van der Waals surface area contributed by atoms with E-state index in [2.05, 4.69) is 17.0 Å². The van der Waals surface area contributed by atoms with Gasteiger partial charge in [-0.3, -0.25) is 14.4 Å². The first-order valence-corrected chi connectivity index (χ1v) is 6.86. The third kappa shape index (κ3) is 1.85. The van der Waals surface area contributed by atoms with E-state index >= 15 is 0 Å². The van der Waals surface area contributed by atoms with E-state index in [1.807, 2.05) is 22.5 Å². The van der Waals surface area contributed by atoms with Crippen molar-refractivity contribution in [1.29, 1.82) is 0 Å². The summed E-state index contributed by atoms with van der Waals surface area (Å²) in [7, 11) is 2.12. The lowest BCUT2D eigenvalue weighted by molar-refractivity contribution is 0.0993. The highest BCUT2D eigenvalue weighted by atomic mass is 32.2. The van der Waals surface area contributed by atoms with Crippen molar-refractivity contribution in [1.82, 2.24) is 14.7 Å². The molecule has 6 heteroatoms. The minimum absolute atomic E-state index is 0.339. The number of primary amides is 1. The lowest BCUT2D eigenvalue weighted by Gasteiger charge is -2.41. The van der Waals surface area contributed by atoms with Crippen LogP contribution in [0.15, 0.2) is 6.07 Å². The van der Waals surface area contributed by atoms with Crippen LogP contribution in [0.4, 0.5) is 0 Å². The lowest BCUT2D eigenvalue weighted by Crippen LogP contribution is -2.46. The SMILES string of the molecule is CN1Cc2cc(C(N)=O)nn2CC2(CSC2)C1. The Hall–Kier alpha value is -1.01. The number of nitrogens with zero attached hydrogens (tertiary/aromatic N) is 3. The van der Waals surface area contributed by atoms with Gasteiger partial charge in [0.05, 0.1) is 5.69 Å². The van der Waals surface area contributed by atoms with Crippen LogP contribution in [-0.2, 0) is 13.1 Å². The summed E-state index contributed by atoms with van der Waals surface area (Å²) in [6, 6.07) is 1.82. The van der Waals surface area contributed by atoms with E-state index in [9.17, 15) is 4.79 Å². The molecule has 0 saturated carbocycles. The van der Waals surface area contributed by atoms with Crippen LogP contribution in [0.1, 0.15) is 16.2 Å². The molecule has 0 unspecified atom stereocenters. The molecule has 0 atom stereocenters. The number of thioether (sulfide) groups is 1. The molecule has 5 nitrogen and oxygen atoms in total. The van der Waals surface area contributed by atoms with Crippen molar-refractivity contribution in [3.8, 4) is 0 Å². The maximum Gasteiger partial charge on any atom is 0.269 e. The summed E-state index contributed by atoms with van der Waals surface area (Å²) in [5.74, 6) is 1.93. The Bertz CT molecular complexity index is 466. The monoisotopic (exact) mass is 252 g/mol. The highest BCUT2D eigenvalue weighted by molar-refractivity contribution is 8.00. The number of nitrogens with two attached hydrogens (primary N) is 1. The summed E-state index contributed by atoms with van der Waals surface area (Å²) >= 11 is 1.98. The molecule has 1 amide bonds. The minimum Gasteiger partial charge on any atom is -0.364 e. The zero-order chi connectivity index (χ0) is 12.0. The van der Waals surface area contributed by atoms with Crippen molar-refractivity contribution in [2.24, 2.45) is 11.1 Å². The Morgan fingerprint density at radius 2 is 2.29 bits per heavy atom. The first kappa shape index (κ1) is 11.1. The Balaban J connectivity index is 1.96. The number of carbonyl (C=O) groups is 1. The quantitative estimate of drug-likeness (QED) is 0.773. The maximum absolute atomic E-state index is 11.2. The van der Waals surface area contributed by atoms with Gasteiger partial charge in [0.2, 0.25) is 0 Å². The molecule has 0 aliphatic carbocycles. The second-order valence-electron chi connectivity index (χ2n) is 5.21. The molecular weight excluding hydrogens is 236 g/mol. The van der Waals surface area contributed by atoms with Gasteiger partial charge in [-0.1, -0.05) is 0 Å². The molecule has 1 spiro atoms. The zero-order valence-electron chi connectivity index (χ0n) is 9.85. The number of carbonyl (C=O) groups excluding carboxylic acids is 1. The molecule has 0 radical (unpaired) electrons. The van der Waals surface area contributed by atoms with Crippen LogP contribution in [0.2, 0.25) is 0 Å². The highest BCUT2D eigenvalue weighted by Gasteiger charge is 2.41. The fourth-order valence-electron chi connectivity index (χ4n) is 2.69. The molecule has 17 heavy (non-hydrogen) atoms. The molecule has 3 heterocycles. The Kier molecular flexibility index (Phi) is 2.45. The van der Waals surface area contributed by atoms with Gasteiger partial charge in [-0.2, -0.15) is 16.9 Å². The van der Waals surface area contributed by atoms with Crippen LogP contribution in [0, 0.1) is 5.41 Å². The Labute approximate surface area is 104 Å². The predicted octanol–water partition coefficient (Wildman–Crippen LogP) is 0.161. The first-order chi connectivity index (χ1) is 8.08. The van der Waals surface area contributed by atoms with Crippen LogP contribution in [0.5, 0.6) is 0 Å². The molecule has 0 aromatic carbocycles. The first-order valence-electron chi connectivity index (χ1n) is 5.71. The molecule has 1 aromatic rings. The summed E-state index contributed by atoms with van der Waals surface area (Å²) in [4.78, 5) is 13.5. The Morgan fingerprint density at radius 3 is 2.88 bits per heavy atom. The largest absolute Gasteiger partial charge is 0.364 e. The van der Waals surface area contributed by atoms with Crippen molar-refractivity contribution < 1.29 is 4.79 Å². The van der Waals surface area contributed by atoms with E-state index in [0.29, 0.717) is 11.1 Å². The van der Waals surface area contributed by atoms with Crippen LogP contribution in [0.3, 0.4) is 0 Å². The molecule has 2 aliphatic heterocycles. The van der Waals surface area contributed by atoms with E-state index < -0.39 is 5.91 Å². The third-order valence-corrected chi connectivity index (χ3v) is 5.09. The van der Waals surface area contributed by atoms with Crippen molar-refractivity contribution >= 4 is 17.7 Å². The van der Waals surface area contributed by atoms with Crippen LogP contribution < -0.4 is 5.73 Å². The standard InChI is InChI=1S/C11H16N4OS/c1-14-3-8-2-9(10(12)16)13-15(8)5-11(4-14)6-17-7-11/h2H,3-7H2,1H3,(H2,12,16). The average molecular weight is 252 g/mol. The van der Waals surface area contributed by atoms with Crippen LogP contribution in [0.25, 0.3) is 0 Å². The van der Waals surface area contributed by atoms with Gasteiger partial charge in [0.1, 0.15) is 5.69 Å². The van der Waals surface area contributed by atoms with Gasteiger partial charge in [0.15, 0.2) is 0 Å². The number of aromatic nitrogens is 2. The fourth-order valence-corrected chi connectivity index (χ4v) is 3.83. The normalized spacial score (nSPS) is 22.9. The summed E-state index contributed by atoms with van der Waals surface area (Å²) in [6.07, 6.45) is 0. The minimum atomic E-state index is -0.440. The van der Waals surface area contributed by atoms with Crippen molar-refractivity contribution in [3.63, 3.8) is 0 Å². The molecular formula is C11H16N4OS. The molecule has 92 valence electrons. The molecule has 1 saturated heterocycles. The summed E-state index contributed by atoms with van der Waals surface area (Å²) < 4.78 is 1.98. The fraction of sp³-hybridized carbons (Fsp3) is 0.636. The van der Waals surface area contributed by atoms with Crippen LogP contribution in [-0.4, -0.2) is 45.7 Å². The van der Waals surface area contributed by atoms with Gasteiger partial charge >= 0.3 is 0 Å².